The van der Waals surface area contributed by atoms with Gasteiger partial charge in [-0.25, -0.2) is 4.98 Å². The molecule has 37 heavy (non-hydrogen) atoms. The summed E-state index contributed by atoms with van der Waals surface area (Å²) in [6, 6.07) is 11.0. The van der Waals surface area contributed by atoms with Crippen LogP contribution < -0.4 is 11.1 Å². The molecule has 0 bridgehead atoms. The molecular formula is C26H23F3N4O3S. The molecule has 0 atom stereocenters. The third-order valence-electron chi connectivity index (χ3n) is 6.24. The van der Waals surface area contributed by atoms with Crippen LogP contribution in [0.5, 0.6) is 0 Å². The van der Waals surface area contributed by atoms with Crippen molar-refractivity contribution in [3.63, 3.8) is 0 Å². The molecule has 3 aromatic heterocycles. The highest BCUT2D eigenvalue weighted by Crippen LogP contribution is 2.43. The fraction of sp³-hybridized carbons (Fsp3) is 0.269. The number of nitrogens with zero attached hydrogens (tertiary/aromatic N) is 2. The normalized spacial score (nSPS) is 14.4. The van der Waals surface area contributed by atoms with Gasteiger partial charge in [-0.1, -0.05) is 29.8 Å². The van der Waals surface area contributed by atoms with E-state index in [1.165, 1.54) is 6.07 Å². The Labute approximate surface area is 214 Å². The van der Waals surface area contributed by atoms with Gasteiger partial charge >= 0.3 is 6.18 Å². The minimum absolute atomic E-state index is 0.00629. The molecule has 192 valence electrons. The van der Waals surface area contributed by atoms with E-state index in [1.54, 1.807) is 30.3 Å². The van der Waals surface area contributed by atoms with Gasteiger partial charge in [0.05, 0.1) is 12.2 Å². The Hall–Kier alpha value is -3.70. The molecular weight excluding hydrogens is 505 g/mol. The van der Waals surface area contributed by atoms with Gasteiger partial charge in [-0.15, -0.1) is 11.3 Å². The number of fused-ring (bicyclic) bond motifs is 1. The maximum absolute atomic E-state index is 13.7. The maximum Gasteiger partial charge on any atom is 0.433 e. The van der Waals surface area contributed by atoms with Gasteiger partial charge in [0.1, 0.15) is 21.2 Å². The van der Waals surface area contributed by atoms with E-state index in [9.17, 15) is 22.8 Å². The number of nitrogens with two attached hydrogens (primary N) is 1. The Morgan fingerprint density at radius 3 is 2.49 bits per heavy atom. The first-order chi connectivity index (χ1) is 17.6. The van der Waals surface area contributed by atoms with Crippen molar-refractivity contribution in [3.8, 4) is 11.1 Å². The zero-order valence-corrected chi connectivity index (χ0v) is 20.6. The number of carbonyl (C=O) groups excluding carboxylic acids is 2. The number of alkyl halides is 3. The quantitative estimate of drug-likeness (QED) is 0.328. The molecule has 0 saturated carbocycles. The van der Waals surface area contributed by atoms with Gasteiger partial charge in [0, 0.05) is 5.39 Å². The molecule has 1 saturated heterocycles. The van der Waals surface area contributed by atoms with Crippen LogP contribution in [0.3, 0.4) is 0 Å². The highest BCUT2D eigenvalue weighted by Gasteiger charge is 2.35. The molecule has 5 rings (SSSR count). The van der Waals surface area contributed by atoms with Crippen LogP contribution in [0.1, 0.15) is 50.1 Å². The SMILES string of the molecule is Cc1ccc(-c2cc(C(F)(F)F)nc3sc(C(N)=O)c(NC(=O)c4ccc(CN5CCCC5)o4)c23)cc1. The molecule has 1 fully saturated rings. The molecule has 0 radical (unpaired) electrons. The van der Waals surface area contributed by atoms with Gasteiger partial charge in [0.15, 0.2) is 5.76 Å². The van der Waals surface area contributed by atoms with Gasteiger partial charge < -0.3 is 15.5 Å². The molecule has 0 aliphatic carbocycles. The summed E-state index contributed by atoms with van der Waals surface area (Å²) in [5, 5.41) is 2.86. The number of aromatic nitrogens is 1. The predicted molar refractivity (Wildman–Crippen MR) is 134 cm³/mol. The molecule has 0 unspecified atom stereocenters. The van der Waals surface area contributed by atoms with Crippen molar-refractivity contribution in [3.05, 3.63) is 70.1 Å². The van der Waals surface area contributed by atoms with Crippen molar-refractivity contribution >= 4 is 39.1 Å². The van der Waals surface area contributed by atoms with Crippen LogP contribution in [0.2, 0.25) is 0 Å². The van der Waals surface area contributed by atoms with Crippen LogP contribution in [0.15, 0.2) is 46.9 Å². The molecule has 0 spiro atoms. The van der Waals surface area contributed by atoms with Gasteiger partial charge in [0.2, 0.25) is 0 Å². The Kier molecular flexibility index (Phi) is 6.50. The number of primary amides is 1. The van der Waals surface area contributed by atoms with Crippen LogP contribution in [0, 0.1) is 6.92 Å². The molecule has 2 amide bonds. The summed E-state index contributed by atoms with van der Waals surface area (Å²) in [5.74, 6) is -0.907. The fourth-order valence-corrected chi connectivity index (χ4v) is 5.43. The number of carbonyl (C=O) groups is 2. The lowest BCUT2D eigenvalue weighted by Crippen LogP contribution is -2.18. The average molecular weight is 529 g/mol. The zero-order chi connectivity index (χ0) is 26.3. The van der Waals surface area contributed by atoms with E-state index >= 15 is 0 Å². The Morgan fingerprint density at radius 1 is 1.14 bits per heavy atom. The molecule has 7 nitrogen and oxygen atoms in total. The van der Waals surface area contributed by atoms with Crippen LogP contribution >= 0.6 is 11.3 Å². The maximum atomic E-state index is 13.7. The number of halogens is 3. The second-order valence-corrected chi connectivity index (χ2v) is 9.97. The first-order valence-corrected chi connectivity index (χ1v) is 12.5. The van der Waals surface area contributed by atoms with E-state index in [0.29, 0.717) is 29.2 Å². The number of furan rings is 1. The minimum atomic E-state index is -4.71. The van der Waals surface area contributed by atoms with Crippen LogP contribution in [0.25, 0.3) is 21.3 Å². The van der Waals surface area contributed by atoms with Gasteiger partial charge in [-0.2, -0.15) is 13.2 Å². The van der Waals surface area contributed by atoms with Crippen LogP contribution in [0.4, 0.5) is 18.9 Å². The standard InChI is InChI=1S/C26H23F3N4O3S/c1-14-4-6-15(7-5-14)17-12-19(26(27,28)29)31-25-20(17)21(22(37-25)23(30)34)32-24(35)18-9-8-16(36-18)13-33-10-2-3-11-33/h4-9,12H,2-3,10-11,13H2,1H3,(H2,30,34)(H,32,35). The van der Waals surface area contributed by atoms with Crippen molar-refractivity contribution < 1.29 is 27.2 Å². The van der Waals surface area contributed by atoms with Crippen LogP contribution in [-0.2, 0) is 12.7 Å². The van der Waals surface area contributed by atoms with Crippen LogP contribution in [-0.4, -0.2) is 34.8 Å². The van der Waals surface area contributed by atoms with Crippen molar-refractivity contribution in [2.24, 2.45) is 5.73 Å². The molecule has 4 heterocycles. The van der Waals surface area contributed by atoms with Gasteiger partial charge in [0.25, 0.3) is 11.8 Å². The van der Waals surface area contributed by atoms with E-state index < -0.39 is 23.7 Å². The van der Waals surface area contributed by atoms with E-state index in [4.69, 9.17) is 10.2 Å². The third-order valence-corrected chi connectivity index (χ3v) is 7.34. The molecule has 1 aliphatic heterocycles. The second-order valence-electron chi connectivity index (χ2n) is 8.97. The Bertz CT molecular complexity index is 1490. The summed E-state index contributed by atoms with van der Waals surface area (Å²) in [6.07, 6.45) is -2.49. The highest BCUT2D eigenvalue weighted by atomic mass is 32.1. The second kappa shape index (κ2) is 9.64. The summed E-state index contributed by atoms with van der Waals surface area (Å²) < 4.78 is 46.8. The molecule has 3 N–H and O–H groups in total. The molecule has 1 aliphatic rings. The lowest BCUT2D eigenvalue weighted by atomic mass is 10.00. The third kappa shape index (κ3) is 5.09. The monoisotopic (exact) mass is 528 g/mol. The Morgan fingerprint density at radius 2 is 1.84 bits per heavy atom. The van der Waals surface area contributed by atoms with Crippen molar-refractivity contribution in [1.29, 1.82) is 0 Å². The topological polar surface area (TPSA) is 101 Å². The number of likely N-dealkylation sites (tertiary alicyclic amines) is 1. The van der Waals surface area contributed by atoms with Crippen molar-refractivity contribution in [2.45, 2.75) is 32.5 Å². The lowest BCUT2D eigenvalue weighted by molar-refractivity contribution is -0.140. The fourth-order valence-electron chi connectivity index (χ4n) is 4.42. The summed E-state index contributed by atoms with van der Waals surface area (Å²) >= 11 is 0.700. The molecule has 11 heteroatoms. The summed E-state index contributed by atoms with van der Waals surface area (Å²) in [4.78, 5) is 31.2. The Balaban J connectivity index is 1.59. The van der Waals surface area contributed by atoms with E-state index in [-0.39, 0.29) is 32.1 Å². The number of benzene rings is 1. The first kappa shape index (κ1) is 25.0. The predicted octanol–water partition coefficient (Wildman–Crippen LogP) is 5.83. The summed E-state index contributed by atoms with van der Waals surface area (Å²) in [6.45, 7) is 4.35. The van der Waals surface area contributed by atoms with Gasteiger partial charge in [-0.3, -0.25) is 14.5 Å². The average Bonchev–Trinajstić information content (AvgIpc) is 3.59. The van der Waals surface area contributed by atoms with Crippen molar-refractivity contribution in [1.82, 2.24) is 9.88 Å². The minimum Gasteiger partial charge on any atom is -0.455 e. The van der Waals surface area contributed by atoms with Crippen molar-refractivity contribution in [2.75, 3.05) is 18.4 Å². The number of rotatable bonds is 6. The lowest BCUT2D eigenvalue weighted by Gasteiger charge is -2.13. The van der Waals surface area contributed by atoms with E-state index in [1.807, 2.05) is 6.92 Å². The van der Waals surface area contributed by atoms with E-state index in [0.717, 1.165) is 37.6 Å². The van der Waals surface area contributed by atoms with E-state index in [2.05, 4.69) is 15.2 Å². The summed E-state index contributed by atoms with van der Waals surface area (Å²) in [5.41, 5.74) is 6.02. The smallest absolute Gasteiger partial charge is 0.433 e. The largest absolute Gasteiger partial charge is 0.455 e. The zero-order valence-electron chi connectivity index (χ0n) is 19.8. The number of anilines is 1. The number of amides is 2. The first-order valence-electron chi connectivity index (χ1n) is 11.6. The number of hydrogen-bond acceptors (Lipinski definition) is 6. The number of nitrogens with one attached hydrogen (secondary N) is 1. The summed E-state index contributed by atoms with van der Waals surface area (Å²) in [7, 11) is 0. The number of thiophene rings is 1. The number of pyridine rings is 1. The molecule has 4 aromatic rings. The highest BCUT2D eigenvalue weighted by molar-refractivity contribution is 7.21. The molecule has 1 aromatic carbocycles. The van der Waals surface area contributed by atoms with Gasteiger partial charge in [-0.05, 0) is 62.2 Å². The number of hydrogen-bond donors (Lipinski definition) is 2. The number of aryl methyl sites for hydroxylation is 1.